The van der Waals surface area contributed by atoms with Crippen molar-refractivity contribution in [2.45, 2.75) is 39.0 Å². The highest BCUT2D eigenvalue weighted by molar-refractivity contribution is 5.49. The van der Waals surface area contributed by atoms with E-state index in [-0.39, 0.29) is 0 Å². The molecule has 0 atom stereocenters. The van der Waals surface area contributed by atoms with E-state index in [9.17, 15) is 4.79 Å². The highest BCUT2D eigenvalue weighted by atomic mass is 16.1. The van der Waals surface area contributed by atoms with Gasteiger partial charge in [0.15, 0.2) is 0 Å². The van der Waals surface area contributed by atoms with Crippen molar-refractivity contribution in [2.75, 3.05) is 13.1 Å². The monoisotopic (exact) mass is 257 g/mol. The maximum absolute atomic E-state index is 10.7. The number of aryl methyl sites for hydroxylation is 1. The molecule has 1 heterocycles. The summed E-state index contributed by atoms with van der Waals surface area (Å²) in [6, 6.07) is 8.98. The van der Waals surface area contributed by atoms with Crippen LogP contribution in [0.5, 0.6) is 0 Å². The molecule has 2 fully saturated rings. The summed E-state index contributed by atoms with van der Waals surface area (Å²) in [4.78, 5) is 12.6. The number of hydrogen-bond donors (Lipinski definition) is 0. The average Bonchev–Trinajstić information content (AvgIpc) is 2.40. The average molecular weight is 257 g/mol. The molecular formula is C17H23NO. The number of hydrogen-bond acceptors (Lipinski definition) is 1. The van der Waals surface area contributed by atoms with Gasteiger partial charge in [-0.1, -0.05) is 29.8 Å². The first-order valence-electron chi connectivity index (χ1n) is 7.44. The van der Waals surface area contributed by atoms with E-state index in [1.807, 2.05) is 4.90 Å². The predicted molar refractivity (Wildman–Crippen MR) is 76.9 cm³/mol. The summed E-state index contributed by atoms with van der Waals surface area (Å²) in [7, 11) is 0. The van der Waals surface area contributed by atoms with Gasteiger partial charge in [0.2, 0.25) is 6.41 Å². The first kappa shape index (κ1) is 12.7. The van der Waals surface area contributed by atoms with Gasteiger partial charge in [0.1, 0.15) is 0 Å². The smallest absolute Gasteiger partial charge is 0.209 e. The third-order valence-electron chi connectivity index (χ3n) is 5.04. The molecule has 0 aromatic heterocycles. The lowest BCUT2D eigenvalue weighted by Crippen LogP contribution is -2.56. The van der Waals surface area contributed by atoms with E-state index in [1.165, 1.54) is 43.2 Å². The summed E-state index contributed by atoms with van der Waals surface area (Å²) in [5.41, 5.74) is 3.31. The van der Waals surface area contributed by atoms with E-state index in [0.29, 0.717) is 5.41 Å². The van der Waals surface area contributed by atoms with Crippen LogP contribution >= 0.6 is 0 Å². The molecule has 1 amide bonds. The van der Waals surface area contributed by atoms with Crippen molar-refractivity contribution >= 4 is 6.41 Å². The van der Waals surface area contributed by atoms with Crippen LogP contribution in [0.4, 0.5) is 0 Å². The molecule has 2 heteroatoms. The number of amides is 1. The van der Waals surface area contributed by atoms with Crippen LogP contribution in [0.2, 0.25) is 0 Å². The van der Waals surface area contributed by atoms with Gasteiger partial charge in [-0.25, -0.2) is 0 Å². The van der Waals surface area contributed by atoms with E-state index in [4.69, 9.17) is 0 Å². The number of rotatable bonds is 3. The molecule has 1 saturated heterocycles. The van der Waals surface area contributed by atoms with Gasteiger partial charge < -0.3 is 4.90 Å². The number of nitrogens with zero attached hydrogens (tertiary/aromatic N) is 1. The zero-order chi connectivity index (χ0) is 13.3. The fourth-order valence-corrected chi connectivity index (χ4v) is 3.76. The Kier molecular flexibility index (Phi) is 3.34. The lowest BCUT2D eigenvalue weighted by molar-refractivity contribution is -0.132. The Hall–Kier alpha value is -1.31. The van der Waals surface area contributed by atoms with Gasteiger partial charge in [-0.05, 0) is 50.5 Å². The molecule has 1 saturated carbocycles. The third-order valence-corrected chi connectivity index (χ3v) is 5.04. The fraction of sp³-hybridized carbons (Fsp3) is 0.588. The summed E-state index contributed by atoms with van der Waals surface area (Å²) in [5.74, 6) is 0.846. The van der Waals surface area contributed by atoms with Crippen molar-refractivity contribution in [2.24, 2.45) is 11.3 Å². The van der Waals surface area contributed by atoms with Gasteiger partial charge in [0, 0.05) is 18.5 Å². The predicted octanol–water partition coefficient (Wildman–Crippen LogP) is 3.19. The van der Waals surface area contributed by atoms with Crippen LogP contribution in [0, 0.1) is 18.3 Å². The minimum atomic E-state index is 0.491. The van der Waals surface area contributed by atoms with Crippen LogP contribution in [0.25, 0.3) is 0 Å². The van der Waals surface area contributed by atoms with Crippen LogP contribution in [-0.2, 0) is 11.2 Å². The van der Waals surface area contributed by atoms with Gasteiger partial charge >= 0.3 is 0 Å². The Morgan fingerprint density at radius 3 is 2.42 bits per heavy atom. The summed E-state index contributed by atoms with van der Waals surface area (Å²) in [5, 5.41) is 0. The normalized spacial score (nSPS) is 22.3. The Morgan fingerprint density at radius 1 is 1.21 bits per heavy atom. The van der Waals surface area contributed by atoms with Crippen molar-refractivity contribution in [1.82, 2.24) is 4.90 Å². The largest absolute Gasteiger partial charge is 0.344 e. The van der Waals surface area contributed by atoms with Crippen molar-refractivity contribution in [3.8, 4) is 0 Å². The fourth-order valence-electron chi connectivity index (χ4n) is 3.76. The van der Waals surface area contributed by atoms with E-state index in [0.717, 1.165) is 25.4 Å². The maximum Gasteiger partial charge on any atom is 0.209 e. The van der Waals surface area contributed by atoms with Crippen molar-refractivity contribution in [1.29, 1.82) is 0 Å². The lowest BCUT2D eigenvalue weighted by Gasteiger charge is -2.52. The first-order chi connectivity index (χ1) is 9.19. The molecule has 0 N–H and O–H groups in total. The molecular weight excluding hydrogens is 234 g/mol. The SMILES string of the molecule is Cc1ccc(CC2CCC3(CC2)CN(C=O)C3)cc1. The third kappa shape index (κ3) is 2.68. The number of likely N-dealkylation sites (tertiary alicyclic amines) is 1. The van der Waals surface area contributed by atoms with Crippen molar-refractivity contribution in [3.05, 3.63) is 35.4 Å². The van der Waals surface area contributed by atoms with E-state index in [1.54, 1.807) is 0 Å². The van der Waals surface area contributed by atoms with Crippen LogP contribution in [0.3, 0.4) is 0 Å². The van der Waals surface area contributed by atoms with Gasteiger partial charge in [0.25, 0.3) is 0 Å². The quantitative estimate of drug-likeness (QED) is 0.762. The Morgan fingerprint density at radius 2 is 1.84 bits per heavy atom. The molecule has 2 nitrogen and oxygen atoms in total. The Labute approximate surface area is 115 Å². The number of benzene rings is 1. The second-order valence-electron chi connectivity index (χ2n) is 6.64. The van der Waals surface area contributed by atoms with E-state index in [2.05, 4.69) is 31.2 Å². The molecule has 19 heavy (non-hydrogen) atoms. The highest BCUT2D eigenvalue weighted by Gasteiger charge is 2.44. The van der Waals surface area contributed by atoms with Crippen molar-refractivity contribution in [3.63, 3.8) is 0 Å². The van der Waals surface area contributed by atoms with Gasteiger partial charge in [-0.2, -0.15) is 0 Å². The minimum absolute atomic E-state index is 0.491. The zero-order valence-electron chi connectivity index (χ0n) is 11.8. The number of carbonyl (C=O) groups excluding carboxylic acids is 1. The number of carbonyl (C=O) groups is 1. The van der Waals surface area contributed by atoms with Crippen LogP contribution < -0.4 is 0 Å². The van der Waals surface area contributed by atoms with Crippen LogP contribution in [-0.4, -0.2) is 24.4 Å². The molecule has 0 bridgehead atoms. The van der Waals surface area contributed by atoms with Gasteiger partial charge in [0.05, 0.1) is 0 Å². The molecule has 2 aliphatic rings. The van der Waals surface area contributed by atoms with Gasteiger partial charge in [-0.15, -0.1) is 0 Å². The summed E-state index contributed by atoms with van der Waals surface area (Å²) >= 11 is 0. The molecule has 1 aliphatic carbocycles. The van der Waals surface area contributed by atoms with E-state index < -0.39 is 0 Å². The Bertz CT molecular complexity index is 435. The Balaban J connectivity index is 1.51. The second-order valence-corrected chi connectivity index (χ2v) is 6.64. The maximum atomic E-state index is 10.7. The van der Waals surface area contributed by atoms with Crippen LogP contribution in [0.15, 0.2) is 24.3 Å². The molecule has 1 aromatic rings. The molecule has 0 unspecified atom stereocenters. The lowest BCUT2D eigenvalue weighted by atomic mass is 9.65. The minimum Gasteiger partial charge on any atom is -0.344 e. The van der Waals surface area contributed by atoms with Crippen LogP contribution in [0.1, 0.15) is 36.8 Å². The first-order valence-corrected chi connectivity index (χ1v) is 7.44. The molecule has 0 radical (unpaired) electrons. The summed E-state index contributed by atoms with van der Waals surface area (Å²) in [6.07, 6.45) is 7.53. The molecule has 102 valence electrons. The van der Waals surface area contributed by atoms with Crippen molar-refractivity contribution < 1.29 is 4.79 Å². The topological polar surface area (TPSA) is 20.3 Å². The second kappa shape index (κ2) is 4.99. The molecule has 1 aliphatic heterocycles. The molecule has 1 spiro atoms. The summed E-state index contributed by atoms with van der Waals surface area (Å²) in [6.45, 7) is 4.16. The standard InChI is InChI=1S/C17H23NO/c1-14-2-4-15(5-3-14)10-16-6-8-17(9-7-16)11-18(12-17)13-19/h2-5,13,16H,6-12H2,1H3. The molecule has 3 rings (SSSR count). The van der Waals surface area contributed by atoms with Gasteiger partial charge in [-0.3, -0.25) is 4.79 Å². The summed E-state index contributed by atoms with van der Waals surface area (Å²) < 4.78 is 0. The zero-order valence-corrected chi connectivity index (χ0v) is 11.8. The van der Waals surface area contributed by atoms with E-state index >= 15 is 0 Å². The molecule has 1 aromatic carbocycles. The highest BCUT2D eigenvalue weighted by Crippen LogP contribution is 2.45.